The lowest BCUT2D eigenvalue weighted by Gasteiger charge is -1.76. The summed E-state index contributed by atoms with van der Waals surface area (Å²) in [7, 11) is 0. The highest BCUT2D eigenvalue weighted by atomic mass is 35.5. The van der Waals surface area contributed by atoms with Crippen LogP contribution in [0.4, 0.5) is 0 Å². The van der Waals surface area contributed by atoms with E-state index in [1.807, 2.05) is 0 Å². The molecular formula is C2HCl2NO. The summed E-state index contributed by atoms with van der Waals surface area (Å²) in [5.74, 6) is 0. The zero-order valence-corrected chi connectivity index (χ0v) is 4.20. The summed E-state index contributed by atoms with van der Waals surface area (Å²) < 4.78 is 0. The number of alkyl halides is 2. The molecule has 0 saturated heterocycles. The van der Waals surface area contributed by atoms with Gasteiger partial charge in [-0.25, -0.2) is 4.79 Å². The van der Waals surface area contributed by atoms with Crippen LogP contribution in [-0.4, -0.2) is 11.0 Å². The van der Waals surface area contributed by atoms with E-state index in [1.165, 1.54) is 6.08 Å². The summed E-state index contributed by atoms with van der Waals surface area (Å²) in [6, 6.07) is 0. The average molecular weight is 126 g/mol. The van der Waals surface area contributed by atoms with Gasteiger partial charge < -0.3 is 0 Å². The molecule has 0 atom stereocenters. The molecule has 0 aliphatic carbocycles. The molecule has 0 aromatic rings. The first-order chi connectivity index (χ1) is 2.77. The van der Waals surface area contributed by atoms with Crippen molar-refractivity contribution in [1.82, 2.24) is 0 Å². The SMILES string of the molecule is O=C=NC(Cl)Cl. The Balaban J connectivity index is 3.29. The molecular weight excluding hydrogens is 125 g/mol. The fourth-order valence-corrected chi connectivity index (χ4v) is 0.120. The average Bonchev–Trinajstić information content (AvgIpc) is 1.35. The fraction of sp³-hybridized carbons (Fsp3) is 0.500. The Labute approximate surface area is 44.8 Å². The van der Waals surface area contributed by atoms with Crippen molar-refractivity contribution in [3.63, 3.8) is 0 Å². The predicted octanol–water partition coefficient (Wildman–Crippen LogP) is 1.08. The van der Waals surface area contributed by atoms with E-state index in [1.54, 1.807) is 0 Å². The van der Waals surface area contributed by atoms with Gasteiger partial charge in [0, 0.05) is 0 Å². The number of aliphatic imine (C=N–C) groups is 1. The molecule has 0 aromatic heterocycles. The van der Waals surface area contributed by atoms with E-state index in [2.05, 4.69) is 4.99 Å². The fourth-order valence-electron chi connectivity index (χ4n) is 0.0398. The molecule has 0 aliphatic heterocycles. The number of hydrogen-bond donors (Lipinski definition) is 0. The Morgan fingerprint density at radius 1 is 1.67 bits per heavy atom. The largest absolute Gasteiger partial charge is 0.237 e. The standard InChI is InChI=1S/C2HCl2NO/c3-2(4)5-1-6/h2H. The van der Waals surface area contributed by atoms with Crippen molar-refractivity contribution >= 4 is 29.3 Å². The third-order valence-electron chi connectivity index (χ3n) is 0.150. The lowest BCUT2D eigenvalue weighted by atomic mass is 11.4. The van der Waals surface area contributed by atoms with Gasteiger partial charge in [-0.2, -0.15) is 4.99 Å². The molecule has 6 heavy (non-hydrogen) atoms. The number of rotatable bonds is 1. The molecule has 0 aromatic carbocycles. The molecule has 0 spiro atoms. The molecule has 0 radical (unpaired) electrons. The Morgan fingerprint density at radius 2 is 2.17 bits per heavy atom. The maximum atomic E-state index is 9.15. The summed E-state index contributed by atoms with van der Waals surface area (Å²) in [5.41, 5.74) is 0. The highest BCUT2D eigenvalue weighted by Crippen LogP contribution is 1.99. The first-order valence-corrected chi connectivity index (χ1v) is 2.00. The van der Waals surface area contributed by atoms with Crippen LogP contribution >= 0.6 is 23.2 Å². The maximum Gasteiger partial charge on any atom is 0.237 e. The van der Waals surface area contributed by atoms with Crippen LogP contribution in [0, 0.1) is 0 Å². The summed E-state index contributed by atoms with van der Waals surface area (Å²) in [5, 5.41) is 0. The Hall–Kier alpha value is -0.0400. The molecule has 34 valence electrons. The summed E-state index contributed by atoms with van der Waals surface area (Å²) >= 11 is 9.83. The van der Waals surface area contributed by atoms with Crippen LogP contribution in [0.1, 0.15) is 0 Å². The highest BCUT2D eigenvalue weighted by molar-refractivity contribution is 6.44. The van der Waals surface area contributed by atoms with Crippen molar-refractivity contribution in [3.05, 3.63) is 0 Å². The molecule has 2 nitrogen and oxygen atoms in total. The van der Waals surface area contributed by atoms with Crippen molar-refractivity contribution in [2.75, 3.05) is 0 Å². The number of carbonyl (C=O) groups excluding carboxylic acids is 1. The third-order valence-corrected chi connectivity index (χ3v) is 0.345. The second-order valence-electron chi connectivity index (χ2n) is 0.498. The van der Waals surface area contributed by atoms with Crippen molar-refractivity contribution in [2.45, 2.75) is 4.96 Å². The van der Waals surface area contributed by atoms with Crippen LogP contribution in [0.15, 0.2) is 4.99 Å². The number of halogens is 2. The maximum absolute atomic E-state index is 9.15. The molecule has 0 bridgehead atoms. The minimum atomic E-state index is -0.956. The monoisotopic (exact) mass is 125 g/mol. The summed E-state index contributed by atoms with van der Waals surface area (Å²) in [6.07, 6.45) is 1.18. The Bertz CT molecular complexity index is 75.6. The summed E-state index contributed by atoms with van der Waals surface area (Å²) in [6.45, 7) is 0. The van der Waals surface area contributed by atoms with Gasteiger partial charge in [-0.1, -0.05) is 23.2 Å². The van der Waals surface area contributed by atoms with E-state index in [0.29, 0.717) is 0 Å². The molecule has 0 fully saturated rings. The smallest absolute Gasteiger partial charge is 0.211 e. The molecule has 0 amide bonds. The number of hydrogen-bond acceptors (Lipinski definition) is 2. The topological polar surface area (TPSA) is 29.4 Å². The van der Waals surface area contributed by atoms with E-state index in [0.717, 1.165) is 0 Å². The van der Waals surface area contributed by atoms with Gasteiger partial charge in [0.15, 0.2) is 0 Å². The quantitative estimate of drug-likeness (QED) is 0.223. The second-order valence-corrected chi connectivity index (χ2v) is 1.55. The van der Waals surface area contributed by atoms with Crippen LogP contribution in [-0.2, 0) is 4.79 Å². The van der Waals surface area contributed by atoms with Crippen molar-refractivity contribution in [3.8, 4) is 0 Å². The molecule has 0 aliphatic rings. The van der Waals surface area contributed by atoms with Crippen LogP contribution in [0.3, 0.4) is 0 Å². The van der Waals surface area contributed by atoms with Crippen molar-refractivity contribution in [2.24, 2.45) is 4.99 Å². The molecule has 0 N–H and O–H groups in total. The van der Waals surface area contributed by atoms with E-state index >= 15 is 0 Å². The first kappa shape index (κ1) is 5.96. The van der Waals surface area contributed by atoms with Gasteiger partial charge in [0.05, 0.1) is 0 Å². The molecule has 0 heterocycles. The van der Waals surface area contributed by atoms with Crippen molar-refractivity contribution < 1.29 is 4.79 Å². The predicted molar refractivity (Wildman–Crippen MR) is 23.6 cm³/mol. The van der Waals surface area contributed by atoms with E-state index < -0.39 is 4.96 Å². The molecule has 0 saturated carbocycles. The number of isocyanates is 1. The van der Waals surface area contributed by atoms with Gasteiger partial charge in [0.25, 0.3) is 0 Å². The van der Waals surface area contributed by atoms with E-state index in [-0.39, 0.29) is 0 Å². The van der Waals surface area contributed by atoms with Crippen LogP contribution in [0.2, 0.25) is 0 Å². The molecule has 0 rings (SSSR count). The van der Waals surface area contributed by atoms with E-state index in [9.17, 15) is 0 Å². The second kappa shape index (κ2) is 3.16. The van der Waals surface area contributed by atoms with E-state index in [4.69, 9.17) is 28.0 Å². The lowest BCUT2D eigenvalue weighted by molar-refractivity contribution is 0.564. The van der Waals surface area contributed by atoms with Gasteiger partial charge in [0.1, 0.15) is 0 Å². The minimum absolute atomic E-state index is 0.956. The van der Waals surface area contributed by atoms with Crippen LogP contribution in [0.5, 0.6) is 0 Å². The van der Waals surface area contributed by atoms with Crippen molar-refractivity contribution in [1.29, 1.82) is 0 Å². The van der Waals surface area contributed by atoms with Gasteiger partial charge in [0.2, 0.25) is 11.0 Å². The third kappa shape index (κ3) is 3.96. The van der Waals surface area contributed by atoms with Crippen LogP contribution < -0.4 is 0 Å². The minimum Gasteiger partial charge on any atom is -0.211 e. The van der Waals surface area contributed by atoms with Gasteiger partial charge >= 0.3 is 0 Å². The summed E-state index contributed by atoms with van der Waals surface area (Å²) in [4.78, 5) is 11.0. The Morgan fingerprint density at radius 3 is 2.17 bits per heavy atom. The number of nitrogens with zero attached hydrogens (tertiary/aromatic N) is 1. The molecule has 0 unspecified atom stereocenters. The first-order valence-electron chi connectivity index (χ1n) is 1.12. The molecule has 4 heteroatoms. The van der Waals surface area contributed by atoms with Crippen LogP contribution in [0.25, 0.3) is 0 Å². The zero-order valence-electron chi connectivity index (χ0n) is 2.69. The highest BCUT2D eigenvalue weighted by Gasteiger charge is 1.85. The normalized spacial score (nSPS) is 7.83. The van der Waals surface area contributed by atoms with Gasteiger partial charge in [-0.05, 0) is 0 Å². The lowest BCUT2D eigenvalue weighted by Crippen LogP contribution is -1.72. The van der Waals surface area contributed by atoms with Gasteiger partial charge in [-0.3, -0.25) is 0 Å². The zero-order chi connectivity index (χ0) is 4.99. The Kier molecular flexibility index (Phi) is 3.14. The van der Waals surface area contributed by atoms with Gasteiger partial charge in [-0.15, -0.1) is 0 Å².